The highest BCUT2D eigenvalue weighted by Crippen LogP contribution is 2.32. The van der Waals surface area contributed by atoms with E-state index < -0.39 is 11.7 Å². The van der Waals surface area contributed by atoms with Crippen LogP contribution in [0.4, 0.5) is 24.9 Å². The fourth-order valence-electron chi connectivity index (χ4n) is 3.30. The van der Waals surface area contributed by atoms with Crippen LogP contribution >= 0.6 is 0 Å². The normalized spacial score (nSPS) is 15.1. The number of halogens is 3. The number of pyridine rings is 1. The lowest BCUT2D eigenvalue weighted by atomic mass is 10.1. The Bertz CT molecular complexity index is 964. The summed E-state index contributed by atoms with van der Waals surface area (Å²) in [6.45, 7) is 2.71. The van der Waals surface area contributed by atoms with E-state index >= 15 is 0 Å². The van der Waals surface area contributed by atoms with Crippen LogP contribution in [0, 0.1) is 0 Å². The summed E-state index contributed by atoms with van der Waals surface area (Å²) in [7, 11) is 0. The fraction of sp³-hybridized carbons (Fsp3) is 0.263. The van der Waals surface area contributed by atoms with E-state index in [4.69, 9.17) is 0 Å². The molecule has 28 heavy (non-hydrogen) atoms. The number of imidazole rings is 1. The van der Waals surface area contributed by atoms with Crippen LogP contribution in [0.5, 0.6) is 0 Å². The van der Waals surface area contributed by atoms with Crippen molar-refractivity contribution in [3.8, 4) is 11.3 Å². The Morgan fingerprint density at radius 3 is 2.46 bits per heavy atom. The average Bonchev–Trinajstić information content (AvgIpc) is 3.18. The van der Waals surface area contributed by atoms with Gasteiger partial charge in [-0.05, 0) is 18.2 Å². The van der Waals surface area contributed by atoms with E-state index in [-0.39, 0.29) is 0 Å². The summed E-state index contributed by atoms with van der Waals surface area (Å²) in [5.74, 6) is 1.34. The lowest BCUT2D eigenvalue weighted by Crippen LogP contribution is -2.51. The van der Waals surface area contributed by atoms with E-state index in [0.29, 0.717) is 49.2 Å². The summed E-state index contributed by atoms with van der Waals surface area (Å²) in [6, 6.07) is 10.6. The van der Waals surface area contributed by atoms with Crippen molar-refractivity contribution in [2.75, 3.05) is 36.0 Å². The molecule has 1 aliphatic heterocycles. The Balaban J connectivity index is 1.47. The van der Waals surface area contributed by atoms with Gasteiger partial charge < -0.3 is 15.1 Å². The van der Waals surface area contributed by atoms with Crippen molar-refractivity contribution < 1.29 is 23.1 Å². The van der Waals surface area contributed by atoms with Gasteiger partial charge >= 0.3 is 12.0 Å². The smallest absolute Gasteiger partial charge is 0.350 e. The fourth-order valence-corrected chi connectivity index (χ4v) is 3.30. The van der Waals surface area contributed by atoms with Gasteiger partial charge in [-0.25, -0.2) is 4.98 Å². The van der Waals surface area contributed by atoms with Crippen molar-refractivity contribution in [1.82, 2.24) is 9.97 Å². The van der Waals surface area contributed by atoms with Crippen LogP contribution in [0.1, 0.15) is 5.56 Å². The van der Waals surface area contributed by atoms with Gasteiger partial charge in [0.05, 0.1) is 30.5 Å². The van der Waals surface area contributed by atoms with Crippen LogP contribution in [0.3, 0.4) is 0 Å². The molecule has 146 valence electrons. The third-order valence-electron chi connectivity index (χ3n) is 4.78. The molecule has 0 bridgehead atoms. The molecule has 1 saturated heterocycles. The van der Waals surface area contributed by atoms with Crippen molar-refractivity contribution in [1.29, 1.82) is 0 Å². The summed E-state index contributed by atoms with van der Waals surface area (Å²) < 4.78 is 39.9. The molecule has 1 aromatic carbocycles. The molecule has 3 aromatic rings. The molecule has 6 nitrogen and oxygen atoms in total. The van der Waals surface area contributed by atoms with Gasteiger partial charge in [0.25, 0.3) is 0 Å². The first-order valence-electron chi connectivity index (χ1n) is 8.84. The van der Waals surface area contributed by atoms with Crippen LogP contribution < -0.4 is 14.5 Å². The van der Waals surface area contributed by atoms with Crippen molar-refractivity contribution in [3.05, 3.63) is 60.4 Å². The number of benzene rings is 1. The maximum Gasteiger partial charge on any atom is 0.416 e. The van der Waals surface area contributed by atoms with Crippen LogP contribution in [0.25, 0.3) is 11.3 Å². The summed E-state index contributed by atoms with van der Waals surface area (Å²) >= 11 is 0. The zero-order valence-corrected chi connectivity index (χ0v) is 14.9. The number of H-pyrrole nitrogens is 1. The first kappa shape index (κ1) is 18.1. The van der Waals surface area contributed by atoms with Crippen LogP contribution in [0.2, 0.25) is 0 Å². The van der Waals surface area contributed by atoms with Crippen molar-refractivity contribution in [2.45, 2.75) is 6.18 Å². The lowest BCUT2D eigenvalue weighted by Gasteiger charge is -2.30. The molecular formula is C19H19F3N5O+. The Labute approximate surface area is 159 Å². The predicted molar refractivity (Wildman–Crippen MR) is 97.3 cm³/mol. The molecule has 9 heteroatoms. The Morgan fingerprint density at radius 2 is 1.75 bits per heavy atom. The monoisotopic (exact) mass is 390 g/mol. The van der Waals surface area contributed by atoms with Crippen LogP contribution in [0.15, 0.2) is 54.9 Å². The summed E-state index contributed by atoms with van der Waals surface area (Å²) in [5.41, 5.74) is 0.299. The van der Waals surface area contributed by atoms with Gasteiger partial charge in [-0.1, -0.05) is 22.9 Å². The second-order valence-corrected chi connectivity index (χ2v) is 6.58. The maximum atomic E-state index is 12.9. The van der Waals surface area contributed by atoms with E-state index in [9.17, 15) is 18.4 Å². The highest BCUT2D eigenvalue weighted by atomic mass is 19.4. The molecule has 1 fully saturated rings. The standard InChI is InChI=1S/C19H19F3N5O/c20-19(21,22)15-5-3-4-14(12-15)16-13-23-18(24-16)26-10-8-25(9-11-26)17-6-1-2-7-27(17)28/h1-7,12-13,28H,8-11H2,(H,23,24)/q+1. The highest BCUT2D eigenvalue weighted by molar-refractivity contribution is 5.62. The number of aromatic amines is 1. The summed E-state index contributed by atoms with van der Waals surface area (Å²) in [4.78, 5) is 11.6. The summed E-state index contributed by atoms with van der Waals surface area (Å²) in [5, 5.41) is 9.92. The van der Waals surface area contributed by atoms with Crippen LogP contribution in [-0.2, 0) is 6.18 Å². The number of rotatable bonds is 3. The Hall–Kier alpha value is -3.23. The van der Waals surface area contributed by atoms with E-state index in [2.05, 4.69) is 14.9 Å². The quantitative estimate of drug-likeness (QED) is 0.533. The van der Waals surface area contributed by atoms with Crippen molar-refractivity contribution in [3.63, 3.8) is 0 Å². The molecular weight excluding hydrogens is 371 g/mol. The number of aromatic nitrogens is 3. The third-order valence-corrected chi connectivity index (χ3v) is 4.78. The highest BCUT2D eigenvalue weighted by Gasteiger charge is 2.31. The zero-order valence-electron chi connectivity index (χ0n) is 14.9. The number of piperazine rings is 1. The number of hydrogen-bond donors (Lipinski definition) is 2. The molecule has 0 saturated carbocycles. The second kappa shape index (κ2) is 7.06. The minimum Gasteiger partial charge on any atom is -0.350 e. The molecule has 0 atom stereocenters. The van der Waals surface area contributed by atoms with Gasteiger partial charge in [-0.3, -0.25) is 4.90 Å². The first-order chi connectivity index (χ1) is 13.4. The number of alkyl halides is 3. The predicted octanol–water partition coefficient (Wildman–Crippen LogP) is 2.95. The second-order valence-electron chi connectivity index (χ2n) is 6.58. The van der Waals surface area contributed by atoms with E-state index in [1.807, 2.05) is 17.0 Å². The molecule has 0 unspecified atom stereocenters. The minimum atomic E-state index is -4.38. The molecule has 0 radical (unpaired) electrons. The Morgan fingerprint density at radius 1 is 1.00 bits per heavy atom. The van der Waals surface area contributed by atoms with Crippen molar-refractivity contribution >= 4 is 11.8 Å². The molecule has 1 aliphatic rings. The third kappa shape index (κ3) is 3.60. The number of anilines is 2. The lowest BCUT2D eigenvalue weighted by molar-refractivity contribution is -0.894. The maximum absolute atomic E-state index is 12.9. The Kier molecular flexibility index (Phi) is 4.58. The molecule has 0 aliphatic carbocycles. The zero-order chi connectivity index (χ0) is 19.7. The minimum absolute atomic E-state index is 0.442. The van der Waals surface area contributed by atoms with E-state index in [0.717, 1.165) is 16.9 Å². The molecule has 4 rings (SSSR count). The molecule has 2 N–H and O–H groups in total. The number of nitrogens with zero attached hydrogens (tertiary/aromatic N) is 4. The van der Waals surface area contributed by atoms with Crippen molar-refractivity contribution in [2.24, 2.45) is 0 Å². The molecule has 0 amide bonds. The van der Waals surface area contributed by atoms with Gasteiger partial charge in [-0.2, -0.15) is 13.2 Å². The summed E-state index contributed by atoms with van der Waals surface area (Å²) in [6.07, 6.45) is -1.25. The SMILES string of the molecule is O[n+]1ccccc1N1CCN(c2ncc(-c3cccc(C(F)(F)F)c3)[nH]2)CC1. The van der Waals surface area contributed by atoms with E-state index in [1.54, 1.807) is 24.5 Å². The van der Waals surface area contributed by atoms with Gasteiger partial charge in [0.1, 0.15) is 19.3 Å². The van der Waals surface area contributed by atoms with Gasteiger partial charge in [-0.15, -0.1) is 0 Å². The number of hydrogen-bond acceptors (Lipinski definition) is 4. The largest absolute Gasteiger partial charge is 0.416 e. The van der Waals surface area contributed by atoms with Crippen LogP contribution in [-0.4, -0.2) is 41.4 Å². The topological polar surface area (TPSA) is 59.3 Å². The van der Waals surface area contributed by atoms with Gasteiger partial charge in [0.2, 0.25) is 5.95 Å². The molecule has 2 aromatic heterocycles. The average molecular weight is 390 g/mol. The molecule has 3 heterocycles. The van der Waals surface area contributed by atoms with E-state index in [1.165, 1.54) is 6.07 Å². The van der Waals surface area contributed by atoms with Gasteiger partial charge in [0, 0.05) is 11.6 Å². The number of nitrogens with one attached hydrogen (secondary N) is 1. The first-order valence-corrected chi connectivity index (χ1v) is 8.84. The molecule has 0 spiro atoms. The van der Waals surface area contributed by atoms with Gasteiger partial charge in [0.15, 0.2) is 0 Å².